The van der Waals surface area contributed by atoms with Crippen LogP contribution in [-0.2, 0) is 14.3 Å². The van der Waals surface area contributed by atoms with E-state index < -0.39 is 37.2 Å². The Hall–Kier alpha value is -1.31. The van der Waals surface area contributed by atoms with Crippen LogP contribution in [0.3, 0.4) is 0 Å². The number of carbonyl (C=O) groups is 2. The molecule has 0 bridgehead atoms. The summed E-state index contributed by atoms with van der Waals surface area (Å²) in [4.78, 5) is 22.3. The third-order valence-electron chi connectivity index (χ3n) is 2.21. The van der Waals surface area contributed by atoms with E-state index in [1.165, 1.54) is 0 Å². The summed E-state index contributed by atoms with van der Waals surface area (Å²) in [6, 6.07) is 0. The standard InChI is InChI=1S/C9H12F3NO4/c10-9(11,12)5-13(4-7(14)15)8(16)6-2-1-3-17-6/h6H,1-5H2,(H,14,15)/t6-/m1/s1. The fourth-order valence-corrected chi connectivity index (χ4v) is 1.57. The number of nitrogens with zero attached hydrogens (tertiary/aromatic N) is 1. The Morgan fingerprint density at radius 1 is 1.41 bits per heavy atom. The van der Waals surface area contributed by atoms with Crippen LogP contribution in [0.2, 0.25) is 0 Å². The highest BCUT2D eigenvalue weighted by Gasteiger charge is 2.37. The van der Waals surface area contributed by atoms with Crippen molar-refractivity contribution in [3.8, 4) is 0 Å². The van der Waals surface area contributed by atoms with E-state index in [1.54, 1.807) is 0 Å². The second-order valence-corrected chi connectivity index (χ2v) is 3.70. The summed E-state index contributed by atoms with van der Waals surface area (Å²) in [7, 11) is 0. The summed E-state index contributed by atoms with van der Waals surface area (Å²) in [5, 5.41) is 8.47. The number of hydrogen-bond acceptors (Lipinski definition) is 3. The lowest BCUT2D eigenvalue weighted by atomic mass is 10.2. The fraction of sp³-hybridized carbons (Fsp3) is 0.778. The van der Waals surface area contributed by atoms with Crippen LogP contribution in [0.4, 0.5) is 13.2 Å². The van der Waals surface area contributed by atoms with Gasteiger partial charge in [-0.15, -0.1) is 0 Å². The smallest absolute Gasteiger partial charge is 0.406 e. The van der Waals surface area contributed by atoms with Gasteiger partial charge in [-0.25, -0.2) is 0 Å². The Balaban J connectivity index is 2.67. The van der Waals surface area contributed by atoms with Crippen LogP contribution >= 0.6 is 0 Å². The molecule has 0 aromatic carbocycles. The highest BCUT2D eigenvalue weighted by Crippen LogP contribution is 2.20. The SMILES string of the molecule is O=C(O)CN(CC(F)(F)F)C(=O)[C@H]1CCCO1. The summed E-state index contributed by atoms with van der Waals surface area (Å²) < 4.78 is 41.5. The number of aliphatic carboxylic acids is 1. The largest absolute Gasteiger partial charge is 0.480 e. The Labute approximate surface area is 95.1 Å². The number of carbonyl (C=O) groups excluding carboxylic acids is 1. The second-order valence-electron chi connectivity index (χ2n) is 3.70. The monoisotopic (exact) mass is 255 g/mol. The number of ether oxygens (including phenoxy) is 1. The first-order chi connectivity index (χ1) is 7.79. The van der Waals surface area contributed by atoms with E-state index in [0.717, 1.165) is 0 Å². The lowest BCUT2D eigenvalue weighted by molar-refractivity contribution is -0.170. The van der Waals surface area contributed by atoms with Crippen molar-refractivity contribution >= 4 is 11.9 Å². The first kappa shape index (κ1) is 13.8. The summed E-state index contributed by atoms with van der Waals surface area (Å²) in [5.74, 6) is -2.40. The van der Waals surface area contributed by atoms with Gasteiger partial charge in [0.05, 0.1) is 0 Å². The van der Waals surface area contributed by atoms with E-state index in [1.807, 2.05) is 0 Å². The predicted molar refractivity (Wildman–Crippen MR) is 49.2 cm³/mol. The maximum absolute atomic E-state index is 12.2. The Morgan fingerprint density at radius 3 is 2.47 bits per heavy atom. The average Bonchev–Trinajstić information content (AvgIpc) is 2.65. The van der Waals surface area contributed by atoms with E-state index in [-0.39, 0.29) is 4.90 Å². The zero-order chi connectivity index (χ0) is 13.1. The molecule has 0 saturated carbocycles. The average molecular weight is 255 g/mol. The summed E-state index contributed by atoms with van der Waals surface area (Å²) in [6.45, 7) is -2.24. The third kappa shape index (κ3) is 4.59. The van der Waals surface area contributed by atoms with Crippen molar-refractivity contribution < 1.29 is 32.6 Å². The number of hydrogen-bond donors (Lipinski definition) is 1. The molecule has 1 N–H and O–H groups in total. The molecule has 5 nitrogen and oxygen atoms in total. The number of carboxylic acid groups (broad SMARTS) is 1. The van der Waals surface area contributed by atoms with Crippen LogP contribution in [0.25, 0.3) is 0 Å². The molecule has 1 rings (SSSR count). The Morgan fingerprint density at radius 2 is 2.06 bits per heavy atom. The maximum atomic E-state index is 12.2. The minimum atomic E-state index is -4.62. The number of rotatable bonds is 4. The zero-order valence-electron chi connectivity index (χ0n) is 8.87. The van der Waals surface area contributed by atoms with Crippen LogP contribution < -0.4 is 0 Å². The lowest BCUT2D eigenvalue weighted by Gasteiger charge is -2.24. The molecule has 0 spiro atoms. The van der Waals surface area contributed by atoms with Gasteiger partial charge in [-0.3, -0.25) is 9.59 Å². The van der Waals surface area contributed by atoms with E-state index in [0.29, 0.717) is 19.4 Å². The van der Waals surface area contributed by atoms with E-state index >= 15 is 0 Å². The van der Waals surface area contributed by atoms with Gasteiger partial charge in [-0.2, -0.15) is 13.2 Å². The highest BCUT2D eigenvalue weighted by molar-refractivity contribution is 5.84. The maximum Gasteiger partial charge on any atom is 0.406 e. The molecule has 0 aliphatic carbocycles. The molecular formula is C9H12F3NO4. The Kier molecular flexibility index (Phi) is 4.33. The van der Waals surface area contributed by atoms with Crippen molar-refractivity contribution in [1.82, 2.24) is 4.90 Å². The first-order valence-electron chi connectivity index (χ1n) is 4.98. The van der Waals surface area contributed by atoms with Gasteiger partial charge >= 0.3 is 12.1 Å². The molecule has 1 aliphatic heterocycles. The first-order valence-corrected chi connectivity index (χ1v) is 4.98. The minimum absolute atomic E-state index is 0.262. The van der Waals surface area contributed by atoms with Crippen LogP contribution in [0.5, 0.6) is 0 Å². The number of halogens is 3. The van der Waals surface area contributed by atoms with E-state index in [2.05, 4.69) is 0 Å². The molecule has 1 heterocycles. The van der Waals surface area contributed by atoms with Gasteiger partial charge in [0, 0.05) is 6.61 Å². The predicted octanol–water partition coefficient (Wildman–Crippen LogP) is 0.641. The van der Waals surface area contributed by atoms with Gasteiger partial charge in [-0.05, 0) is 12.8 Å². The molecule has 8 heteroatoms. The summed E-state index contributed by atoms with van der Waals surface area (Å²) in [6.07, 6.45) is -4.66. The number of alkyl halides is 3. The van der Waals surface area contributed by atoms with Crippen LogP contribution in [0.15, 0.2) is 0 Å². The molecule has 0 aromatic heterocycles. The third-order valence-corrected chi connectivity index (χ3v) is 2.21. The van der Waals surface area contributed by atoms with Gasteiger partial charge in [0.1, 0.15) is 19.2 Å². The molecule has 1 saturated heterocycles. The van der Waals surface area contributed by atoms with Gasteiger partial charge in [-0.1, -0.05) is 0 Å². The van der Waals surface area contributed by atoms with E-state index in [4.69, 9.17) is 9.84 Å². The van der Waals surface area contributed by atoms with Gasteiger partial charge in [0.25, 0.3) is 5.91 Å². The van der Waals surface area contributed by atoms with Gasteiger partial charge < -0.3 is 14.7 Å². The van der Waals surface area contributed by atoms with Crippen LogP contribution in [0.1, 0.15) is 12.8 Å². The normalized spacial score (nSPS) is 20.3. The zero-order valence-corrected chi connectivity index (χ0v) is 8.87. The number of amides is 1. The van der Waals surface area contributed by atoms with Crippen molar-refractivity contribution in [2.45, 2.75) is 25.1 Å². The van der Waals surface area contributed by atoms with Crippen molar-refractivity contribution in [2.75, 3.05) is 19.7 Å². The molecule has 1 atom stereocenters. The Bertz CT molecular complexity index is 299. The minimum Gasteiger partial charge on any atom is -0.480 e. The van der Waals surface area contributed by atoms with Crippen molar-refractivity contribution in [1.29, 1.82) is 0 Å². The molecule has 1 amide bonds. The summed E-state index contributed by atoms with van der Waals surface area (Å²) >= 11 is 0. The molecule has 1 aliphatic rings. The molecule has 98 valence electrons. The van der Waals surface area contributed by atoms with Gasteiger partial charge in [0.2, 0.25) is 0 Å². The molecule has 17 heavy (non-hydrogen) atoms. The van der Waals surface area contributed by atoms with Crippen molar-refractivity contribution in [3.63, 3.8) is 0 Å². The highest BCUT2D eigenvalue weighted by atomic mass is 19.4. The topological polar surface area (TPSA) is 66.8 Å². The lowest BCUT2D eigenvalue weighted by Crippen LogP contribution is -2.46. The quantitative estimate of drug-likeness (QED) is 0.800. The second kappa shape index (κ2) is 5.35. The molecular weight excluding hydrogens is 243 g/mol. The summed E-state index contributed by atoms with van der Waals surface area (Å²) in [5.41, 5.74) is 0. The van der Waals surface area contributed by atoms with Gasteiger partial charge in [0.15, 0.2) is 0 Å². The number of carboxylic acids is 1. The molecule has 0 unspecified atom stereocenters. The molecule has 0 radical (unpaired) electrons. The van der Waals surface area contributed by atoms with Crippen molar-refractivity contribution in [3.05, 3.63) is 0 Å². The van der Waals surface area contributed by atoms with Crippen LogP contribution in [0, 0.1) is 0 Å². The van der Waals surface area contributed by atoms with Crippen LogP contribution in [-0.4, -0.2) is 53.9 Å². The fourth-order valence-electron chi connectivity index (χ4n) is 1.57. The van der Waals surface area contributed by atoms with Crippen molar-refractivity contribution in [2.24, 2.45) is 0 Å². The molecule has 1 fully saturated rings. The molecule has 0 aromatic rings. The van der Waals surface area contributed by atoms with E-state index in [9.17, 15) is 22.8 Å².